The fourth-order valence-corrected chi connectivity index (χ4v) is 2.95. The van der Waals surface area contributed by atoms with E-state index in [0.29, 0.717) is 0 Å². The molecule has 1 aliphatic carbocycles. The number of hydrogen-bond donors (Lipinski definition) is 1. The summed E-state index contributed by atoms with van der Waals surface area (Å²) in [5.74, 6) is 0.0548. The molecule has 0 aromatic carbocycles. The number of nitrogens with one attached hydrogen (secondary N) is 1. The van der Waals surface area contributed by atoms with Crippen LogP contribution in [0.1, 0.15) is 36.3 Å². The zero-order valence-electron chi connectivity index (χ0n) is 10.4. The van der Waals surface area contributed by atoms with E-state index in [2.05, 4.69) is 25.5 Å². The molecule has 2 aliphatic rings. The summed E-state index contributed by atoms with van der Waals surface area (Å²) in [5.41, 5.74) is 0. The summed E-state index contributed by atoms with van der Waals surface area (Å²) in [7, 11) is 0. The molecule has 2 heterocycles. The van der Waals surface area contributed by atoms with Crippen LogP contribution in [0.2, 0.25) is 0 Å². The van der Waals surface area contributed by atoms with Crippen LogP contribution in [0, 0.1) is 0 Å². The highest BCUT2D eigenvalue weighted by molar-refractivity contribution is 5.90. The third kappa shape index (κ3) is 2.22. The monoisotopic (exact) mass is 250 g/mol. The quantitative estimate of drug-likeness (QED) is 0.793. The summed E-state index contributed by atoms with van der Waals surface area (Å²) in [5, 5.41) is 13.2. The van der Waals surface area contributed by atoms with Crippen LogP contribution in [-0.2, 0) is 0 Å². The van der Waals surface area contributed by atoms with Gasteiger partial charge in [-0.1, -0.05) is 12.8 Å². The number of nitrogens with zero attached hydrogens (tertiary/aromatic N) is 5. The van der Waals surface area contributed by atoms with E-state index in [1.165, 1.54) is 25.7 Å². The number of aromatic nitrogens is 4. The molecule has 1 N–H and O–H groups in total. The molecule has 0 unspecified atom stereocenters. The maximum atomic E-state index is 12.0. The normalized spacial score (nSPS) is 22.6. The molecule has 2 fully saturated rings. The van der Waals surface area contributed by atoms with Crippen LogP contribution in [0.3, 0.4) is 0 Å². The third-order valence-electron chi connectivity index (χ3n) is 3.98. The number of carbonyl (C=O) groups is 1. The summed E-state index contributed by atoms with van der Waals surface area (Å²) in [4.78, 5) is 16.3. The number of aromatic amines is 1. The molecule has 1 saturated carbocycles. The van der Waals surface area contributed by atoms with Gasteiger partial charge in [-0.25, -0.2) is 0 Å². The summed E-state index contributed by atoms with van der Waals surface area (Å²) in [6.07, 6.45) is 5.34. The molecule has 1 saturated heterocycles. The van der Waals surface area contributed by atoms with Crippen LogP contribution >= 0.6 is 0 Å². The maximum absolute atomic E-state index is 12.0. The van der Waals surface area contributed by atoms with E-state index in [4.69, 9.17) is 0 Å². The number of rotatable bonds is 2. The molecule has 18 heavy (non-hydrogen) atoms. The van der Waals surface area contributed by atoms with Gasteiger partial charge in [0.1, 0.15) is 0 Å². The minimum absolute atomic E-state index is 0.116. The molecule has 1 aromatic rings. The van der Waals surface area contributed by atoms with Gasteiger partial charge in [0.2, 0.25) is 0 Å². The molecule has 98 valence electrons. The highest BCUT2D eigenvalue weighted by Crippen LogP contribution is 2.24. The Balaban J connectivity index is 1.55. The first kappa shape index (κ1) is 11.6. The highest BCUT2D eigenvalue weighted by atomic mass is 16.2. The van der Waals surface area contributed by atoms with Gasteiger partial charge >= 0.3 is 0 Å². The Morgan fingerprint density at radius 1 is 1.17 bits per heavy atom. The van der Waals surface area contributed by atoms with Gasteiger partial charge in [0.05, 0.1) is 0 Å². The second-order valence-electron chi connectivity index (χ2n) is 5.00. The first-order valence-electron chi connectivity index (χ1n) is 6.61. The molecule has 1 amide bonds. The van der Waals surface area contributed by atoms with E-state index in [0.717, 1.165) is 32.2 Å². The van der Waals surface area contributed by atoms with Gasteiger partial charge in [-0.3, -0.25) is 9.69 Å². The van der Waals surface area contributed by atoms with Crippen LogP contribution in [0.5, 0.6) is 0 Å². The smallest absolute Gasteiger partial charge is 0.295 e. The van der Waals surface area contributed by atoms with Gasteiger partial charge < -0.3 is 4.90 Å². The van der Waals surface area contributed by atoms with Crippen molar-refractivity contribution in [3.05, 3.63) is 5.82 Å². The summed E-state index contributed by atoms with van der Waals surface area (Å²) < 4.78 is 0. The average molecular weight is 250 g/mol. The molecular weight excluding hydrogens is 232 g/mol. The Morgan fingerprint density at radius 2 is 1.89 bits per heavy atom. The molecule has 0 atom stereocenters. The fraction of sp³-hybridized carbons (Fsp3) is 0.818. The molecule has 3 rings (SSSR count). The Labute approximate surface area is 106 Å². The second kappa shape index (κ2) is 5.01. The minimum atomic E-state index is -0.116. The molecule has 0 spiro atoms. The molecule has 7 heteroatoms. The van der Waals surface area contributed by atoms with E-state index in [-0.39, 0.29) is 11.7 Å². The van der Waals surface area contributed by atoms with E-state index in [1.807, 2.05) is 4.90 Å². The van der Waals surface area contributed by atoms with E-state index >= 15 is 0 Å². The molecule has 0 bridgehead atoms. The highest BCUT2D eigenvalue weighted by Gasteiger charge is 2.29. The SMILES string of the molecule is O=C(c1nn[nH]n1)N1CCN(C2CCCC2)CC1. The number of amides is 1. The van der Waals surface area contributed by atoms with Gasteiger partial charge in [-0.15, -0.1) is 10.2 Å². The maximum Gasteiger partial charge on any atom is 0.295 e. The Bertz CT molecular complexity index is 392. The van der Waals surface area contributed by atoms with E-state index in [9.17, 15) is 4.79 Å². The van der Waals surface area contributed by atoms with Gasteiger partial charge in [0.15, 0.2) is 0 Å². The standard InChI is InChI=1S/C11H18N6O/c18-11(10-12-14-15-13-10)17-7-5-16(6-8-17)9-3-1-2-4-9/h9H,1-8H2,(H,12,13,14,15). The zero-order chi connectivity index (χ0) is 12.4. The predicted molar refractivity (Wildman–Crippen MR) is 63.9 cm³/mol. The summed E-state index contributed by atoms with van der Waals surface area (Å²) >= 11 is 0. The largest absolute Gasteiger partial charge is 0.333 e. The Kier molecular flexibility index (Phi) is 3.22. The minimum Gasteiger partial charge on any atom is -0.333 e. The zero-order valence-corrected chi connectivity index (χ0v) is 10.4. The van der Waals surface area contributed by atoms with Crippen molar-refractivity contribution in [3.8, 4) is 0 Å². The van der Waals surface area contributed by atoms with Crippen LogP contribution in [0.4, 0.5) is 0 Å². The second-order valence-corrected chi connectivity index (χ2v) is 5.00. The number of hydrogen-bond acceptors (Lipinski definition) is 5. The van der Waals surface area contributed by atoms with Crippen molar-refractivity contribution in [2.75, 3.05) is 26.2 Å². The lowest BCUT2D eigenvalue weighted by molar-refractivity contribution is 0.0562. The number of carbonyl (C=O) groups excluding carboxylic acids is 1. The molecule has 7 nitrogen and oxygen atoms in total. The van der Waals surface area contributed by atoms with Crippen LogP contribution < -0.4 is 0 Å². The van der Waals surface area contributed by atoms with Crippen molar-refractivity contribution in [1.29, 1.82) is 0 Å². The van der Waals surface area contributed by atoms with Gasteiger partial charge in [-0.05, 0) is 18.1 Å². The first-order valence-corrected chi connectivity index (χ1v) is 6.61. The number of piperazine rings is 1. The Hall–Kier alpha value is -1.50. The molecule has 0 radical (unpaired) electrons. The van der Waals surface area contributed by atoms with Crippen LogP contribution in [0.25, 0.3) is 0 Å². The van der Waals surface area contributed by atoms with Crippen molar-refractivity contribution in [2.24, 2.45) is 0 Å². The lowest BCUT2D eigenvalue weighted by Gasteiger charge is -2.37. The fourth-order valence-electron chi connectivity index (χ4n) is 2.95. The predicted octanol–water partition coefficient (Wildman–Crippen LogP) is -0.0999. The molecular formula is C11H18N6O. The van der Waals surface area contributed by atoms with E-state index < -0.39 is 0 Å². The number of tetrazole rings is 1. The van der Waals surface area contributed by atoms with E-state index in [1.54, 1.807) is 0 Å². The summed E-state index contributed by atoms with van der Waals surface area (Å²) in [6.45, 7) is 3.47. The lowest BCUT2D eigenvalue weighted by atomic mass is 10.2. The first-order chi connectivity index (χ1) is 8.84. The van der Waals surface area contributed by atoms with Crippen molar-refractivity contribution >= 4 is 5.91 Å². The van der Waals surface area contributed by atoms with Crippen LogP contribution in [0.15, 0.2) is 0 Å². The van der Waals surface area contributed by atoms with Crippen LogP contribution in [-0.4, -0.2) is 68.6 Å². The topological polar surface area (TPSA) is 78.0 Å². The van der Waals surface area contributed by atoms with Crippen molar-refractivity contribution in [3.63, 3.8) is 0 Å². The molecule has 1 aromatic heterocycles. The molecule has 1 aliphatic heterocycles. The van der Waals surface area contributed by atoms with Gasteiger partial charge in [-0.2, -0.15) is 5.21 Å². The third-order valence-corrected chi connectivity index (χ3v) is 3.98. The number of H-pyrrole nitrogens is 1. The Morgan fingerprint density at radius 3 is 2.50 bits per heavy atom. The lowest BCUT2D eigenvalue weighted by Crippen LogP contribution is -2.51. The van der Waals surface area contributed by atoms with Gasteiger partial charge in [0, 0.05) is 32.2 Å². The summed E-state index contributed by atoms with van der Waals surface area (Å²) in [6, 6.07) is 0.743. The van der Waals surface area contributed by atoms with Crippen molar-refractivity contribution in [2.45, 2.75) is 31.7 Å². The average Bonchev–Trinajstić information content (AvgIpc) is 3.11. The van der Waals surface area contributed by atoms with Crippen molar-refractivity contribution < 1.29 is 4.79 Å². The van der Waals surface area contributed by atoms with Crippen molar-refractivity contribution in [1.82, 2.24) is 30.4 Å². The van der Waals surface area contributed by atoms with Gasteiger partial charge in [0.25, 0.3) is 11.7 Å².